The quantitative estimate of drug-likeness (QED) is 0.190. The summed E-state index contributed by atoms with van der Waals surface area (Å²) >= 11 is 0. The first-order chi connectivity index (χ1) is 31.1. The minimum Gasteiger partial charge on any atom is -0.443 e. The van der Waals surface area contributed by atoms with Crippen molar-refractivity contribution in [2.24, 2.45) is 0 Å². The monoisotopic (exact) mass is 648 g/mol. The largest absolute Gasteiger partial charge is 0.443 e. The predicted octanol–water partition coefficient (Wildman–Crippen LogP) is 10.4. The van der Waals surface area contributed by atoms with Gasteiger partial charge in [-0.1, -0.05) is 117 Å². The second-order valence-corrected chi connectivity index (χ2v) is 11.9. The first kappa shape index (κ1) is 15.7. The second-order valence-electron chi connectivity index (χ2n) is 11.9. The second kappa shape index (κ2) is 10.3. The van der Waals surface area contributed by atoms with Gasteiger partial charge in [-0.25, -0.2) is 9.97 Å². The minimum absolute atomic E-state index is 0.0620. The highest BCUT2D eigenvalue weighted by Gasteiger charge is 2.37. The number of fused-ring (bicyclic) bond motifs is 8. The molecule has 0 radical (unpaired) electrons. The molecule has 1 aliphatic carbocycles. The Kier molecular flexibility index (Phi) is 3.29. The zero-order valence-electron chi connectivity index (χ0n) is 42.6. The topological polar surface area (TPSA) is 69.6 Å². The van der Waals surface area contributed by atoms with Crippen molar-refractivity contribution >= 4 is 32.9 Å². The third kappa shape index (κ3) is 4.14. The number of aromatic nitrogens is 5. The predicted molar refractivity (Wildman–Crippen MR) is 196 cm³/mol. The van der Waals surface area contributed by atoms with Crippen LogP contribution < -0.4 is 0 Å². The molecule has 0 atom stereocenters. The van der Waals surface area contributed by atoms with Crippen LogP contribution in [0.4, 0.5) is 0 Å². The van der Waals surface area contributed by atoms with E-state index < -0.39 is 142 Å². The van der Waals surface area contributed by atoms with E-state index in [0.29, 0.717) is 16.7 Å². The van der Waals surface area contributed by atoms with E-state index in [1.807, 2.05) is 18.2 Å². The van der Waals surface area contributed by atoms with Gasteiger partial charge in [0.2, 0.25) is 5.95 Å². The highest BCUT2D eigenvalue weighted by molar-refractivity contribution is 6.10. The average molecular weight is 649 g/mol. The molecule has 0 bridgehead atoms. The van der Waals surface area contributed by atoms with E-state index >= 15 is 0 Å². The molecule has 0 aliphatic heterocycles. The molecule has 0 fully saturated rings. The molecule has 0 saturated carbocycles. The number of oxazole rings is 1. The summed E-state index contributed by atoms with van der Waals surface area (Å²) in [6.07, 6.45) is 1.34. The van der Waals surface area contributed by atoms with Gasteiger partial charge in [-0.3, -0.25) is 4.57 Å². The highest BCUT2D eigenvalue weighted by Crippen LogP contribution is 2.52. The maximum atomic E-state index is 9.82. The van der Waals surface area contributed by atoms with Crippen molar-refractivity contribution in [2.45, 2.75) is 19.3 Å². The van der Waals surface area contributed by atoms with Gasteiger partial charge < -0.3 is 4.42 Å². The van der Waals surface area contributed by atoms with Gasteiger partial charge in [-0.15, -0.1) is 0 Å². The third-order valence-corrected chi connectivity index (χ3v) is 8.85. The Morgan fingerprint density at radius 2 is 1.31 bits per heavy atom. The lowest BCUT2D eigenvalue weighted by Gasteiger charge is -2.21. The first-order valence-corrected chi connectivity index (χ1v) is 15.1. The molecule has 6 aromatic carbocycles. The van der Waals surface area contributed by atoms with Crippen molar-refractivity contribution in [3.63, 3.8) is 0 Å². The Morgan fingerprint density at radius 3 is 2.06 bits per heavy atom. The number of hydrogen-bond donors (Lipinski definition) is 0. The summed E-state index contributed by atoms with van der Waals surface area (Å²) < 4.78 is 156. The molecule has 3 heterocycles. The summed E-state index contributed by atoms with van der Waals surface area (Å²) in [5.74, 6) is -2.00. The lowest BCUT2D eigenvalue weighted by Crippen LogP contribution is -2.14. The summed E-state index contributed by atoms with van der Waals surface area (Å²) in [6.45, 7) is 4.10. The van der Waals surface area contributed by atoms with Gasteiger partial charge in [0.25, 0.3) is 0 Å². The maximum Gasteiger partial charge on any atom is 0.238 e. The Morgan fingerprint density at radius 1 is 0.633 bits per heavy atom. The lowest BCUT2D eigenvalue weighted by atomic mass is 9.82. The molecule has 0 unspecified atom stereocenters. The van der Waals surface area contributed by atoms with Crippen LogP contribution in [-0.4, -0.2) is 24.5 Å². The van der Waals surface area contributed by atoms with Crippen LogP contribution in [0.2, 0.25) is 0 Å². The molecule has 0 N–H and O–H groups in total. The molecule has 10 rings (SSSR count). The maximum absolute atomic E-state index is 9.82. The van der Waals surface area contributed by atoms with Crippen LogP contribution in [0.1, 0.15) is 48.3 Å². The van der Waals surface area contributed by atoms with Crippen LogP contribution in [0.15, 0.2) is 144 Å². The number of benzene rings is 6. The lowest BCUT2D eigenvalue weighted by molar-refractivity contribution is 0.601. The van der Waals surface area contributed by atoms with Crippen molar-refractivity contribution in [2.75, 3.05) is 0 Å². The van der Waals surface area contributed by atoms with Crippen molar-refractivity contribution in [1.29, 1.82) is 0 Å². The fraction of sp³-hybridized carbons (Fsp3) is 0.0698. The number of nitrogens with zero attached hydrogens (tertiary/aromatic N) is 5. The van der Waals surface area contributed by atoms with Crippen LogP contribution in [0.3, 0.4) is 0 Å². The van der Waals surface area contributed by atoms with Crippen molar-refractivity contribution in [3.05, 3.63) is 151 Å². The molecule has 232 valence electrons. The van der Waals surface area contributed by atoms with Gasteiger partial charge in [-0.2, -0.15) is 9.97 Å². The van der Waals surface area contributed by atoms with E-state index in [-0.39, 0.29) is 21.9 Å². The summed E-state index contributed by atoms with van der Waals surface area (Å²) in [5, 5.41) is -0.498. The number of hydrogen-bond acceptors (Lipinski definition) is 5. The minimum atomic E-state index is -0.786. The molecule has 6 heteroatoms. The highest BCUT2D eigenvalue weighted by atomic mass is 16.3. The van der Waals surface area contributed by atoms with Crippen molar-refractivity contribution < 1.29 is 27.7 Å². The summed E-state index contributed by atoms with van der Waals surface area (Å²) in [4.78, 5) is 17.6. The Labute approximate surface area is 306 Å². The zero-order valence-corrected chi connectivity index (χ0v) is 25.6. The van der Waals surface area contributed by atoms with E-state index in [9.17, 15) is 6.85 Å². The Bertz CT molecular complexity index is 3590. The van der Waals surface area contributed by atoms with E-state index in [2.05, 4.69) is 33.8 Å². The smallest absolute Gasteiger partial charge is 0.238 e. The first-order valence-electron chi connectivity index (χ1n) is 23.6. The van der Waals surface area contributed by atoms with Gasteiger partial charge in [0.05, 0.1) is 34.3 Å². The molecular weight excluding hydrogens is 603 g/mol. The molecule has 9 aromatic rings. The SMILES string of the molecule is [2H]c1c([2H])c([2H])c(-c2nc(-c3c([2H])c([2H])c([2H])c([2H])c3[2H])nc(-n3c4c([2H])c([2H])c([2H])c([2H])c4c4c([2H])c(-c5ccc6c(c5)-c5c(ccc7ncoc57)C6(C)C)c([2H])c([2H])c43)n2)c([2H])c1[2H]. The molecule has 6 nitrogen and oxygen atoms in total. The summed E-state index contributed by atoms with van der Waals surface area (Å²) in [5.41, 5.74) is 2.34. The van der Waals surface area contributed by atoms with E-state index in [1.54, 1.807) is 12.1 Å². The van der Waals surface area contributed by atoms with Crippen LogP contribution in [0.25, 0.3) is 83.9 Å². The molecular formula is C43H29N5O. The van der Waals surface area contributed by atoms with Crippen LogP contribution in [0, 0.1) is 0 Å². The fourth-order valence-electron chi connectivity index (χ4n) is 6.58. The van der Waals surface area contributed by atoms with Gasteiger partial charge >= 0.3 is 0 Å². The molecule has 3 aromatic heterocycles. The molecule has 0 saturated heterocycles. The summed E-state index contributed by atoms with van der Waals surface area (Å²) in [7, 11) is 0. The number of para-hydroxylation sites is 1. The van der Waals surface area contributed by atoms with Crippen LogP contribution in [-0.2, 0) is 5.41 Å². The Hall–Kier alpha value is -6.40. The van der Waals surface area contributed by atoms with E-state index in [4.69, 9.17) is 20.9 Å². The molecule has 0 spiro atoms. The standard InChI is InChI=1S/C43H29N5O/c1-43(2)33-19-17-28(24-32(33)38-34(43)20-21-35-39(38)49-25-44-35)29-18-22-37-31(23-29)30-15-9-10-16-36(30)48(37)42-46-40(26-11-5-3-6-12-26)45-41(47-42)27-13-7-4-8-14-27/h3-25H,1-2H3/i3D,4D,5D,6D,7D,8D,9D,10D,11D,12D,13D,14D,15D,16D,18D,22D,23D. The fourth-order valence-corrected chi connectivity index (χ4v) is 6.58. The van der Waals surface area contributed by atoms with Crippen LogP contribution >= 0.6 is 0 Å². The van der Waals surface area contributed by atoms with Gasteiger partial charge in [0.1, 0.15) is 5.52 Å². The normalized spacial score (nSPS) is 18.1. The van der Waals surface area contributed by atoms with Gasteiger partial charge in [0, 0.05) is 32.9 Å². The Balaban J connectivity index is 1.35. The number of rotatable bonds is 4. The van der Waals surface area contributed by atoms with Crippen molar-refractivity contribution in [1.82, 2.24) is 24.5 Å². The van der Waals surface area contributed by atoms with Crippen molar-refractivity contribution in [3.8, 4) is 51.0 Å². The van der Waals surface area contributed by atoms with E-state index in [0.717, 1.165) is 26.8 Å². The molecule has 1 aliphatic rings. The third-order valence-electron chi connectivity index (χ3n) is 8.85. The average Bonchev–Trinajstić information content (AvgIpc) is 3.98. The molecule has 0 amide bonds. The van der Waals surface area contributed by atoms with Gasteiger partial charge in [-0.05, 0) is 58.1 Å². The van der Waals surface area contributed by atoms with Crippen LogP contribution in [0.5, 0.6) is 0 Å². The summed E-state index contributed by atoms with van der Waals surface area (Å²) in [6, 6.07) is -2.91. The molecule has 49 heavy (non-hydrogen) atoms. The van der Waals surface area contributed by atoms with E-state index in [1.165, 1.54) is 6.39 Å². The van der Waals surface area contributed by atoms with Gasteiger partial charge in [0.15, 0.2) is 23.6 Å². The zero-order chi connectivity index (χ0) is 47.5.